The van der Waals surface area contributed by atoms with E-state index in [-0.39, 0.29) is 6.04 Å². The van der Waals surface area contributed by atoms with Crippen LogP contribution in [0.5, 0.6) is 0 Å². The molecule has 164 valence electrons. The van der Waals surface area contributed by atoms with Crippen LogP contribution in [0.1, 0.15) is 54.1 Å². The number of hydrogen-bond donors (Lipinski definition) is 2. The third kappa shape index (κ3) is 5.78. The number of benzene rings is 2. The molecular formula is C23H29N5O2S. The Morgan fingerprint density at radius 1 is 1.10 bits per heavy atom. The maximum Gasteiger partial charge on any atom is 0.201 e. The third-order valence-electron chi connectivity index (χ3n) is 6.04. The van der Waals surface area contributed by atoms with Gasteiger partial charge in [0.1, 0.15) is 0 Å². The summed E-state index contributed by atoms with van der Waals surface area (Å²) in [5.74, 6) is 0.506. The van der Waals surface area contributed by atoms with Crippen molar-refractivity contribution in [3.05, 3.63) is 83.2 Å². The van der Waals surface area contributed by atoms with Crippen molar-refractivity contribution in [2.45, 2.75) is 44.8 Å². The van der Waals surface area contributed by atoms with E-state index in [1.54, 1.807) is 0 Å². The number of nitrogens with zero attached hydrogens (tertiary/aromatic N) is 4. The minimum atomic E-state index is -2.56. The number of nitrogens with one attached hydrogen (secondary N) is 1. The van der Waals surface area contributed by atoms with Crippen LogP contribution in [0.3, 0.4) is 0 Å². The smallest absolute Gasteiger partial charge is 0.201 e. The molecule has 31 heavy (non-hydrogen) atoms. The quantitative estimate of drug-likeness (QED) is 0.528. The Bertz CT molecular complexity index is 1050. The fourth-order valence-corrected chi connectivity index (χ4v) is 4.54. The lowest BCUT2D eigenvalue weighted by molar-refractivity contribution is 0.202. The van der Waals surface area contributed by atoms with Crippen LogP contribution in [0.4, 0.5) is 0 Å². The summed E-state index contributed by atoms with van der Waals surface area (Å²) >= 11 is 0. The van der Waals surface area contributed by atoms with E-state index >= 15 is 0 Å². The minimum Gasteiger partial charge on any atom is -0.297 e. The van der Waals surface area contributed by atoms with Crippen LogP contribution in [0, 0.1) is 0 Å². The molecule has 1 aliphatic heterocycles. The molecule has 1 saturated heterocycles. The lowest BCUT2D eigenvalue weighted by Crippen LogP contribution is -2.32. The number of thiol groups is 1. The monoisotopic (exact) mass is 439 g/mol. The minimum absolute atomic E-state index is 0.162. The first-order chi connectivity index (χ1) is 15.1. The molecule has 1 aromatic heterocycles. The molecule has 1 aliphatic rings. The van der Waals surface area contributed by atoms with Crippen LogP contribution in [-0.4, -0.2) is 41.4 Å². The number of piperidine rings is 1. The Morgan fingerprint density at radius 3 is 2.61 bits per heavy atom. The SMILES string of the molecule is CC(c1ccccc1)n1cc(CN2CCC(c3cccc(CN[SH](=O)=O)c3)CC2)nn1. The topological polar surface area (TPSA) is 80.1 Å². The molecule has 1 unspecified atom stereocenters. The summed E-state index contributed by atoms with van der Waals surface area (Å²) in [7, 11) is -2.56. The van der Waals surface area contributed by atoms with Gasteiger partial charge in [-0.2, -0.15) is 0 Å². The highest BCUT2D eigenvalue weighted by Crippen LogP contribution is 2.29. The van der Waals surface area contributed by atoms with Gasteiger partial charge in [0.15, 0.2) is 0 Å². The summed E-state index contributed by atoms with van der Waals surface area (Å²) < 4.78 is 25.9. The Morgan fingerprint density at radius 2 is 1.87 bits per heavy atom. The number of likely N-dealkylation sites (tertiary alicyclic amines) is 1. The molecule has 1 fully saturated rings. The normalized spacial score (nSPS) is 16.6. The molecule has 0 bridgehead atoms. The number of aromatic nitrogens is 3. The Balaban J connectivity index is 1.31. The van der Waals surface area contributed by atoms with Crippen LogP contribution in [0.25, 0.3) is 0 Å². The first kappa shape index (κ1) is 21.7. The van der Waals surface area contributed by atoms with Gasteiger partial charge in [-0.1, -0.05) is 59.8 Å². The highest BCUT2D eigenvalue weighted by atomic mass is 32.2. The fraction of sp³-hybridized carbons (Fsp3) is 0.391. The lowest BCUT2D eigenvalue weighted by Gasteiger charge is -2.31. The highest BCUT2D eigenvalue weighted by molar-refractivity contribution is 7.70. The van der Waals surface area contributed by atoms with Crippen LogP contribution >= 0.6 is 0 Å². The largest absolute Gasteiger partial charge is 0.297 e. The molecule has 0 radical (unpaired) electrons. The van der Waals surface area contributed by atoms with Gasteiger partial charge in [0.2, 0.25) is 10.9 Å². The summed E-state index contributed by atoms with van der Waals surface area (Å²) in [6, 6.07) is 18.8. The van der Waals surface area contributed by atoms with Crippen LogP contribution in [-0.2, 0) is 24.0 Å². The molecule has 0 spiro atoms. The zero-order valence-corrected chi connectivity index (χ0v) is 18.6. The molecule has 0 saturated carbocycles. The molecule has 2 aromatic carbocycles. The molecule has 7 nitrogen and oxygen atoms in total. The summed E-state index contributed by atoms with van der Waals surface area (Å²) in [5, 5.41) is 8.75. The summed E-state index contributed by atoms with van der Waals surface area (Å²) in [4.78, 5) is 2.44. The van der Waals surface area contributed by atoms with Gasteiger partial charge in [-0.3, -0.25) is 4.90 Å². The molecule has 4 rings (SSSR count). The lowest BCUT2D eigenvalue weighted by atomic mass is 9.88. The van der Waals surface area contributed by atoms with Gasteiger partial charge >= 0.3 is 0 Å². The van der Waals surface area contributed by atoms with Crippen molar-refractivity contribution in [2.75, 3.05) is 13.1 Å². The molecular weight excluding hydrogens is 410 g/mol. The maximum absolute atomic E-state index is 10.8. The number of rotatable bonds is 8. The van der Waals surface area contributed by atoms with Gasteiger partial charge in [-0.05, 0) is 55.5 Å². The third-order valence-corrected chi connectivity index (χ3v) is 6.46. The van der Waals surface area contributed by atoms with E-state index in [1.165, 1.54) is 11.1 Å². The van der Waals surface area contributed by atoms with Gasteiger partial charge in [0.05, 0.1) is 17.9 Å². The molecule has 0 aliphatic carbocycles. The Kier molecular flexibility index (Phi) is 7.11. The van der Waals surface area contributed by atoms with Gasteiger partial charge in [-0.25, -0.2) is 17.8 Å². The van der Waals surface area contributed by atoms with E-state index < -0.39 is 10.9 Å². The van der Waals surface area contributed by atoms with Crippen molar-refractivity contribution >= 4 is 10.9 Å². The summed E-state index contributed by atoms with van der Waals surface area (Å²) in [6.45, 7) is 5.33. The van der Waals surface area contributed by atoms with Crippen molar-refractivity contribution in [3.8, 4) is 0 Å². The van der Waals surface area contributed by atoms with Crippen molar-refractivity contribution in [2.24, 2.45) is 0 Å². The molecule has 1 N–H and O–H groups in total. The average Bonchev–Trinajstić information content (AvgIpc) is 3.27. The second-order valence-corrected chi connectivity index (χ2v) is 8.99. The molecule has 2 heterocycles. The Labute approximate surface area is 185 Å². The van der Waals surface area contributed by atoms with Crippen LogP contribution in [0.2, 0.25) is 0 Å². The Hall–Kier alpha value is -2.55. The molecule has 8 heteroatoms. The van der Waals surface area contributed by atoms with E-state index in [2.05, 4.69) is 57.3 Å². The van der Waals surface area contributed by atoms with Crippen molar-refractivity contribution < 1.29 is 8.42 Å². The second-order valence-electron chi connectivity index (χ2n) is 8.16. The zero-order chi connectivity index (χ0) is 21.6. The zero-order valence-electron chi connectivity index (χ0n) is 17.7. The maximum atomic E-state index is 10.8. The van der Waals surface area contributed by atoms with Crippen molar-refractivity contribution in [1.82, 2.24) is 24.6 Å². The molecule has 3 aromatic rings. The highest BCUT2D eigenvalue weighted by Gasteiger charge is 2.22. The number of hydrogen-bond acceptors (Lipinski definition) is 5. The van der Waals surface area contributed by atoms with E-state index in [1.807, 2.05) is 35.0 Å². The van der Waals surface area contributed by atoms with Gasteiger partial charge in [0, 0.05) is 13.1 Å². The average molecular weight is 440 g/mol. The molecule has 0 amide bonds. The summed E-state index contributed by atoms with van der Waals surface area (Å²) in [5.41, 5.74) is 4.52. The van der Waals surface area contributed by atoms with Crippen molar-refractivity contribution in [3.63, 3.8) is 0 Å². The van der Waals surface area contributed by atoms with E-state index in [4.69, 9.17) is 0 Å². The van der Waals surface area contributed by atoms with Gasteiger partial charge in [0.25, 0.3) is 0 Å². The van der Waals surface area contributed by atoms with Gasteiger partial charge < -0.3 is 0 Å². The predicted octanol–water partition coefficient (Wildman–Crippen LogP) is 2.88. The van der Waals surface area contributed by atoms with Crippen LogP contribution < -0.4 is 4.72 Å². The standard InChI is InChI=1S/C23H29N5O2S/c1-18(20-7-3-2-4-8-20)28-17-23(25-26-28)16-27-12-10-21(11-13-27)22-9-5-6-19(14-22)15-24-31(29)30/h2-9,14,17-18,21,31H,10-13,15-16H2,1H3,(H,24,29,30). The summed E-state index contributed by atoms with van der Waals surface area (Å²) in [6.07, 6.45) is 4.23. The first-order valence-corrected chi connectivity index (χ1v) is 11.9. The van der Waals surface area contributed by atoms with Crippen LogP contribution in [0.15, 0.2) is 60.8 Å². The van der Waals surface area contributed by atoms with Gasteiger partial charge in [-0.15, -0.1) is 5.10 Å². The van der Waals surface area contributed by atoms with E-state index in [9.17, 15) is 8.42 Å². The van der Waals surface area contributed by atoms with Crippen molar-refractivity contribution in [1.29, 1.82) is 0 Å². The van der Waals surface area contributed by atoms with E-state index in [0.29, 0.717) is 12.5 Å². The predicted molar refractivity (Wildman–Crippen MR) is 121 cm³/mol. The van der Waals surface area contributed by atoms with E-state index in [0.717, 1.165) is 43.7 Å². The second kappa shape index (κ2) is 10.2. The fourth-order valence-electron chi connectivity index (χ4n) is 4.23. The first-order valence-electron chi connectivity index (χ1n) is 10.7. The molecule has 1 atom stereocenters.